The number of carbonyl (C=O) groups is 1. The Morgan fingerprint density at radius 3 is 2.78 bits per heavy atom. The molecule has 1 fully saturated rings. The number of rotatable bonds is 6. The molecule has 23 heavy (non-hydrogen) atoms. The number of thiophene rings is 1. The molecule has 128 valence electrons. The summed E-state index contributed by atoms with van der Waals surface area (Å²) >= 11 is 1.71. The van der Waals surface area contributed by atoms with Gasteiger partial charge in [0.2, 0.25) is 0 Å². The van der Waals surface area contributed by atoms with Crippen LogP contribution in [0.2, 0.25) is 0 Å². The quantitative estimate of drug-likeness (QED) is 0.797. The van der Waals surface area contributed by atoms with Gasteiger partial charge in [0.25, 0.3) is 5.91 Å². The van der Waals surface area contributed by atoms with Crippen LogP contribution >= 0.6 is 11.3 Å². The van der Waals surface area contributed by atoms with E-state index in [1.165, 1.54) is 61.8 Å². The van der Waals surface area contributed by atoms with Gasteiger partial charge >= 0.3 is 0 Å². The second-order valence-electron chi connectivity index (χ2n) is 7.15. The number of carbonyl (C=O) groups excluding carboxylic acids is 1. The van der Waals surface area contributed by atoms with Gasteiger partial charge in [0.1, 0.15) is 0 Å². The molecule has 1 heterocycles. The average molecular weight is 335 g/mol. The van der Waals surface area contributed by atoms with E-state index in [4.69, 9.17) is 0 Å². The summed E-state index contributed by atoms with van der Waals surface area (Å²) in [6, 6.07) is 2.89. The number of amides is 1. The Labute approximate surface area is 144 Å². The number of aryl methyl sites for hydroxylation is 2. The van der Waals surface area contributed by atoms with Gasteiger partial charge in [-0.2, -0.15) is 0 Å². The third-order valence-corrected chi connectivity index (χ3v) is 6.63. The van der Waals surface area contributed by atoms with Crippen LogP contribution in [-0.4, -0.2) is 37.0 Å². The predicted molar refractivity (Wildman–Crippen MR) is 97.4 cm³/mol. The smallest absolute Gasteiger partial charge is 0.261 e. The molecule has 0 spiro atoms. The molecule has 0 radical (unpaired) electrons. The summed E-state index contributed by atoms with van der Waals surface area (Å²) in [4.78, 5) is 17.1. The highest BCUT2D eigenvalue weighted by molar-refractivity contribution is 7.14. The number of fused-ring (bicyclic) bond motifs is 1. The van der Waals surface area contributed by atoms with E-state index >= 15 is 0 Å². The first-order valence-corrected chi connectivity index (χ1v) is 10.2. The van der Waals surface area contributed by atoms with Crippen LogP contribution in [0.1, 0.15) is 71.5 Å². The normalized spacial score (nSPS) is 18.9. The maximum absolute atomic E-state index is 12.3. The first-order valence-electron chi connectivity index (χ1n) is 9.34. The van der Waals surface area contributed by atoms with Gasteiger partial charge in [0.15, 0.2) is 0 Å². The first-order chi connectivity index (χ1) is 11.2. The van der Waals surface area contributed by atoms with Crippen LogP contribution in [0.3, 0.4) is 0 Å². The summed E-state index contributed by atoms with van der Waals surface area (Å²) in [5.41, 5.74) is 1.42. The zero-order valence-electron chi connectivity index (χ0n) is 14.4. The Hall–Kier alpha value is -0.870. The van der Waals surface area contributed by atoms with Gasteiger partial charge in [0.05, 0.1) is 4.88 Å². The third kappa shape index (κ3) is 4.57. The van der Waals surface area contributed by atoms with Gasteiger partial charge in [-0.1, -0.05) is 19.3 Å². The molecule has 1 saturated carbocycles. The molecule has 3 rings (SSSR count). The molecule has 0 unspecified atom stereocenters. The summed E-state index contributed by atoms with van der Waals surface area (Å²) in [7, 11) is 2.24. The summed E-state index contributed by atoms with van der Waals surface area (Å²) in [5.74, 6) is 0.129. The van der Waals surface area contributed by atoms with Crippen molar-refractivity contribution < 1.29 is 4.79 Å². The van der Waals surface area contributed by atoms with Crippen LogP contribution in [0.5, 0.6) is 0 Å². The van der Waals surface area contributed by atoms with Crippen LogP contribution in [0, 0.1) is 0 Å². The van der Waals surface area contributed by atoms with Gasteiger partial charge in [-0.25, -0.2) is 0 Å². The van der Waals surface area contributed by atoms with Crippen molar-refractivity contribution in [3.63, 3.8) is 0 Å². The minimum Gasteiger partial charge on any atom is -0.351 e. The molecular weight excluding hydrogens is 304 g/mol. The lowest BCUT2D eigenvalue weighted by atomic mass is 9.94. The van der Waals surface area contributed by atoms with Crippen molar-refractivity contribution in [2.75, 3.05) is 20.1 Å². The Morgan fingerprint density at radius 1 is 1.22 bits per heavy atom. The Kier molecular flexibility index (Phi) is 6.12. The molecule has 0 saturated heterocycles. The van der Waals surface area contributed by atoms with Gasteiger partial charge in [-0.15, -0.1) is 11.3 Å². The fraction of sp³-hybridized carbons (Fsp3) is 0.737. The summed E-state index contributed by atoms with van der Waals surface area (Å²) in [5, 5.41) is 3.11. The zero-order chi connectivity index (χ0) is 16.1. The average Bonchev–Trinajstić information content (AvgIpc) is 3.03. The molecule has 1 N–H and O–H groups in total. The van der Waals surface area contributed by atoms with E-state index in [0.29, 0.717) is 0 Å². The lowest BCUT2D eigenvalue weighted by molar-refractivity contribution is 0.0954. The lowest BCUT2D eigenvalue weighted by Gasteiger charge is -2.31. The van der Waals surface area contributed by atoms with Crippen LogP contribution < -0.4 is 5.32 Å². The highest BCUT2D eigenvalue weighted by Gasteiger charge is 2.18. The second-order valence-corrected chi connectivity index (χ2v) is 8.28. The van der Waals surface area contributed by atoms with Crippen LogP contribution in [0.25, 0.3) is 0 Å². The number of nitrogens with one attached hydrogen (secondary N) is 1. The van der Waals surface area contributed by atoms with Crippen molar-refractivity contribution in [1.82, 2.24) is 10.2 Å². The highest BCUT2D eigenvalue weighted by atomic mass is 32.1. The summed E-state index contributed by atoms with van der Waals surface area (Å²) in [6.45, 7) is 1.88. The molecule has 2 aliphatic carbocycles. The molecule has 2 aliphatic rings. The number of hydrogen-bond acceptors (Lipinski definition) is 3. The second kappa shape index (κ2) is 8.29. The van der Waals surface area contributed by atoms with Crippen LogP contribution in [0.4, 0.5) is 0 Å². The minimum absolute atomic E-state index is 0.129. The van der Waals surface area contributed by atoms with Crippen molar-refractivity contribution in [2.24, 2.45) is 0 Å². The standard InChI is InChI=1S/C19H30N2OS/c1-21(16-9-3-2-4-10-16)13-7-12-20-19(22)18-14-15-8-5-6-11-17(15)23-18/h14,16H,2-13H2,1H3,(H,20,22). The zero-order valence-corrected chi connectivity index (χ0v) is 15.2. The van der Waals surface area contributed by atoms with E-state index in [-0.39, 0.29) is 5.91 Å². The van der Waals surface area contributed by atoms with Crippen molar-refractivity contribution >= 4 is 17.2 Å². The molecule has 1 aromatic heterocycles. The maximum atomic E-state index is 12.3. The van der Waals surface area contributed by atoms with Crippen molar-refractivity contribution in [3.05, 3.63) is 21.4 Å². The van der Waals surface area contributed by atoms with Gasteiger partial charge < -0.3 is 10.2 Å². The van der Waals surface area contributed by atoms with E-state index in [9.17, 15) is 4.79 Å². The maximum Gasteiger partial charge on any atom is 0.261 e. The Bertz CT molecular complexity index is 496. The summed E-state index contributed by atoms with van der Waals surface area (Å²) < 4.78 is 0. The lowest BCUT2D eigenvalue weighted by Crippen LogP contribution is -2.35. The number of hydrogen-bond donors (Lipinski definition) is 1. The Morgan fingerprint density at radius 2 is 2.00 bits per heavy atom. The highest BCUT2D eigenvalue weighted by Crippen LogP contribution is 2.29. The molecule has 0 atom stereocenters. The van der Waals surface area contributed by atoms with Crippen molar-refractivity contribution in [3.8, 4) is 0 Å². The Balaban J connectivity index is 1.38. The van der Waals surface area contributed by atoms with E-state index in [1.54, 1.807) is 11.3 Å². The van der Waals surface area contributed by atoms with E-state index in [2.05, 4.69) is 23.3 Å². The van der Waals surface area contributed by atoms with Gasteiger partial charge in [-0.05, 0) is 70.2 Å². The van der Waals surface area contributed by atoms with E-state index < -0.39 is 0 Å². The van der Waals surface area contributed by atoms with Gasteiger partial charge in [0, 0.05) is 17.5 Å². The van der Waals surface area contributed by atoms with E-state index in [1.807, 2.05) is 0 Å². The van der Waals surface area contributed by atoms with Gasteiger partial charge in [-0.3, -0.25) is 4.79 Å². The molecule has 1 aromatic rings. The monoisotopic (exact) mass is 334 g/mol. The molecular formula is C19H30N2OS. The van der Waals surface area contributed by atoms with Crippen molar-refractivity contribution in [2.45, 2.75) is 70.3 Å². The van der Waals surface area contributed by atoms with E-state index in [0.717, 1.165) is 36.9 Å². The molecule has 4 heteroatoms. The fourth-order valence-corrected chi connectivity index (χ4v) is 5.09. The minimum atomic E-state index is 0.129. The fourth-order valence-electron chi connectivity index (χ4n) is 3.92. The predicted octanol–water partition coefficient (Wildman–Crippen LogP) is 4.01. The molecule has 1 amide bonds. The molecule has 0 bridgehead atoms. The van der Waals surface area contributed by atoms with Crippen molar-refractivity contribution in [1.29, 1.82) is 0 Å². The van der Waals surface area contributed by atoms with Crippen LogP contribution in [0.15, 0.2) is 6.07 Å². The molecule has 0 aliphatic heterocycles. The molecule has 0 aromatic carbocycles. The topological polar surface area (TPSA) is 32.3 Å². The molecule has 3 nitrogen and oxygen atoms in total. The number of nitrogens with zero attached hydrogens (tertiary/aromatic N) is 1. The largest absolute Gasteiger partial charge is 0.351 e. The summed E-state index contributed by atoms with van der Waals surface area (Å²) in [6.07, 6.45) is 12.8. The van der Waals surface area contributed by atoms with Crippen LogP contribution in [-0.2, 0) is 12.8 Å². The first kappa shape index (κ1) is 17.0. The SMILES string of the molecule is CN(CCCNC(=O)c1cc2c(s1)CCCC2)C1CCCCC1. The third-order valence-electron chi connectivity index (χ3n) is 5.39.